The Kier molecular flexibility index (Phi) is 3.74. The zero-order valence-corrected chi connectivity index (χ0v) is 15.5. The van der Waals surface area contributed by atoms with Gasteiger partial charge in [0.25, 0.3) is 0 Å². The number of rotatable bonds is 3. The summed E-state index contributed by atoms with van der Waals surface area (Å²) in [5, 5.41) is 1.04. The summed E-state index contributed by atoms with van der Waals surface area (Å²) in [7, 11) is 0. The third kappa shape index (κ3) is 2.70. The van der Waals surface area contributed by atoms with Crippen LogP contribution in [0.15, 0.2) is 48.7 Å². The molecule has 5 heteroatoms. The van der Waals surface area contributed by atoms with Crippen LogP contribution in [0.5, 0.6) is 0 Å². The van der Waals surface area contributed by atoms with Crippen molar-refractivity contribution in [3.05, 3.63) is 65.5 Å². The van der Waals surface area contributed by atoms with E-state index in [1.54, 1.807) is 0 Å². The molecule has 136 valence electrons. The SMILES string of the molecule is Cc1cccc2c1nc(N)n1cc(Cc3ccccc3N3CCCC3)nc21. The molecule has 2 aromatic heterocycles. The summed E-state index contributed by atoms with van der Waals surface area (Å²) < 4.78 is 1.91. The summed E-state index contributed by atoms with van der Waals surface area (Å²) in [6.07, 6.45) is 5.37. The van der Waals surface area contributed by atoms with Crippen LogP contribution in [0.3, 0.4) is 0 Å². The van der Waals surface area contributed by atoms with Gasteiger partial charge in [-0.05, 0) is 43.0 Å². The average molecular weight is 357 g/mol. The monoisotopic (exact) mass is 357 g/mol. The number of aromatic nitrogens is 3. The molecule has 1 aliphatic rings. The number of nitrogens with zero attached hydrogens (tertiary/aromatic N) is 4. The maximum absolute atomic E-state index is 6.23. The van der Waals surface area contributed by atoms with Gasteiger partial charge in [0.15, 0.2) is 0 Å². The van der Waals surface area contributed by atoms with E-state index >= 15 is 0 Å². The minimum atomic E-state index is 0.485. The van der Waals surface area contributed by atoms with Crippen LogP contribution in [-0.2, 0) is 6.42 Å². The Morgan fingerprint density at radius 2 is 1.81 bits per heavy atom. The number of anilines is 2. The molecule has 1 fully saturated rings. The molecule has 0 radical (unpaired) electrons. The van der Waals surface area contributed by atoms with Gasteiger partial charge < -0.3 is 10.6 Å². The summed E-state index contributed by atoms with van der Waals surface area (Å²) >= 11 is 0. The van der Waals surface area contributed by atoms with E-state index in [0.29, 0.717) is 5.95 Å². The molecule has 0 aliphatic carbocycles. The number of benzene rings is 2. The smallest absolute Gasteiger partial charge is 0.206 e. The van der Waals surface area contributed by atoms with E-state index in [-0.39, 0.29) is 0 Å². The van der Waals surface area contributed by atoms with Crippen LogP contribution >= 0.6 is 0 Å². The number of nitrogens with two attached hydrogens (primary N) is 1. The van der Waals surface area contributed by atoms with E-state index in [2.05, 4.69) is 53.2 Å². The lowest BCUT2D eigenvalue weighted by atomic mass is 10.1. The Labute approximate surface area is 158 Å². The highest BCUT2D eigenvalue weighted by molar-refractivity contribution is 5.94. The molecule has 2 aromatic carbocycles. The van der Waals surface area contributed by atoms with Crippen LogP contribution in [0.25, 0.3) is 16.6 Å². The lowest BCUT2D eigenvalue weighted by Gasteiger charge is -2.21. The minimum absolute atomic E-state index is 0.485. The lowest BCUT2D eigenvalue weighted by molar-refractivity contribution is 0.949. The molecule has 1 saturated heterocycles. The molecule has 5 rings (SSSR count). The van der Waals surface area contributed by atoms with Crippen molar-refractivity contribution >= 4 is 28.2 Å². The predicted octanol–water partition coefficient (Wildman–Crippen LogP) is 3.96. The van der Waals surface area contributed by atoms with E-state index in [1.807, 2.05) is 16.7 Å². The van der Waals surface area contributed by atoms with Gasteiger partial charge in [-0.1, -0.05) is 30.3 Å². The Morgan fingerprint density at radius 1 is 1.00 bits per heavy atom. The van der Waals surface area contributed by atoms with E-state index in [1.165, 1.54) is 24.1 Å². The highest BCUT2D eigenvalue weighted by Crippen LogP contribution is 2.28. The molecule has 0 atom stereocenters. The summed E-state index contributed by atoms with van der Waals surface area (Å²) in [5.41, 5.74) is 12.8. The number of fused-ring (bicyclic) bond motifs is 3. The normalized spacial score (nSPS) is 14.5. The van der Waals surface area contributed by atoms with E-state index in [0.717, 1.165) is 47.3 Å². The summed E-state index contributed by atoms with van der Waals surface area (Å²) in [4.78, 5) is 12.0. The van der Waals surface area contributed by atoms with Crippen molar-refractivity contribution in [3.8, 4) is 0 Å². The van der Waals surface area contributed by atoms with Gasteiger partial charge in [0.05, 0.1) is 11.2 Å². The lowest BCUT2D eigenvalue weighted by Crippen LogP contribution is -2.19. The molecular weight excluding hydrogens is 334 g/mol. The second kappa shape index (κ2) is 6.27. The molecule has 0 amide bonds. The molecule has 5 nitrogen and oxygen atoms in total. The first-order valence-electron chi connectivity index (χ1n) is 9.56. The largest absolute Gasteiger partial charge is 0.371 e. The molecule has 4 aromatic rings. The third-order valence-electron chi connectivity index (χ3n) is 5.52. The van der Waals surface area contributed by atoms with Gasteiger partial charge in [-0.25, -0.2) is 9.97 Å². The Morgan fingerprint density at radius 3 is 2.67 bits per heavy atom. The maximum Gasteiger partial charge on any atom is 0.206 e. The molecule has 27 heavy (non-hydrogen) atoms. The highest BCUT2D eigenvalue weighted by Gasteiger charge is 2.17. The molecule has 0 bridgehead atoms. The number of nitrogen functional groups attached to an aromatic ring is 1. The quantitative estimate of drug-likeness (QED) is 0.603. The maximum atomic E-state index is 6.23. The fraction of sp³-hybridized carbons (Fsp3) is 0.273. The zero-order valence-electron chi connectivity index (χ0n) is 15.5. The van der Waals surface area contributed by atoms with Gasteiger partial charge in [-0.15, -0.1) is 0 Å². The Balaban J connectivity index is 1.60. The molecule has 0 spiro atoms. The van der Waals surface area contributed by atoms with Crippen molar-refractivity contribution in [3.63, 3.8) is 0 Å². The van der Waals surface area contributed by atoms with Crippen molar-refractivity contribution in [1.82, 2.24) is 14.4 Å². The molecular formula is C22H23N5. The summed E-state index contributed by atoms with van der Waals surface area (Å²) in [6.45, 7) is 4.34. The van der Waals surface area contributed by atoms with Crippen molar-refractivity contribution < 1.29 is 0 Å². The first-order valence-corrected chi connectivity index (χ1v) is 9.56. The second-order valence-electron chi connectivity index (χ2n) is 7.37. The van der Waals surface area contributed by atoms with Crippen LogP contribution < -0.4 is 10.6 Å². The number of para-hydroxylation sites is 2. The molecule has 2 N–H and O–H groups in total. The van der Waals surface area contributed by atoms with Gasteiger partial charge in [0, 0.05) is 36.8 Å². The van der Waals surface area contributed by atoms with Gasteiger partial charge in [0.2, 0.25) is 5.95 Å². The third-order valence-corrected chi connectivity index (χ3v) is 5.52. The average Bonchev–Trinajstić information content (AvgIpc) is 3.34. The highest BCUT2D eigenvalue weighted by atomic mass is 15.1. The van der Waals surface area contributed by atoms with Gasteiger partial charge >= 0.3 is 0 Å². The number of hydrogen-bond donors (Lipinski definition) is 1. The fourth-order valence-electron chi connectivity index (χ4n) is 4.16. The Bertz CT molecular complexity index is 1140. The first kappa shape index (κ1) is 16.1. The van der Waals surface area contributed by atoms with Gasteiger partial charge in [0.1, 0.15) is 5.65 Å². The van der Waals surface area contributed by atoms with Gasteiger partial charge in [-0.3, -0.25) is 4.40 Å². The second-order valence-corrected chi connectivity index (χ2v) is 7.37. The predicted molar refractivity (Wildman–Crippen MR) is 110 cm³/mol. The van der Waals surface area contributed by atoms with Crippen LogP contribution in [0.4, 0.5) is 11.6 Å². The van der Waals surface area contributed by atoms with Crippen molar-refractivity contribution in [1.29, 1.82) is 0 Å². The number of aryl methyl sites for hydroxylation is 1. The summed E-state index contributed by atoms with van der Waals surface area (Å²) in [6, 6.07) is 14.8. The zero-order chi connectivity index (χ0) is 18.4. The van der Waals surface area contributed by atoms with E-state index < -0.39 is 0 Å². The Hall–Kier alpha value is -3.08. The number of hydrogen-bond acceptors (Lipinski definition) is 4. The van der Waals surface area contributed by atoms with Crippen LogP contribution in [0, 0.1) is 6.92 Å². The molecule has 3 heterocycles. The van der Waals surface area contributed by atoms with Crippen LogP contribution in [0.2, 0.25) is 0 Å². The van der Waals surface area contributed by atoms with Crippen LogP contribution in [-0.4, -0.2) is 27.5 Å². The number of imidazole rings is 1. The van der Waals surface area contributed by atoms with Crippen molar-refractivity contribution in [2.24, 2.45) is 0 Å². The van der Waals surface area contributed by atoms with E-state index in [9.17, 15) is 0 Å². The van der Waals surface area contributed by atoms with Gasteiger partial charge in [-0.2, -0.15) is 0 Å². The standard InChI is InChI=1S/C22H23N5/c1-15-7-6-9-18-20(15)25-22(23)27-14-17(24-21(18)27)13-16-8-2-3-10-19(16)26-11-4-5-12-26/h2-3,6-10,14H,4-5,11-13H2,1H3,(H2,23,25). The van der Waals surface area contributed by atoms with Crippen LogP contribution in [0.1, 0.15) is 29.7 Å². The topological polar surface area (TPSA) is 59.4 Å². The minimum Gasteiger partial charge on any atom is -0.371 e. The van der Waals surface area contributed by atoms with Crippen molar-refractivity contribution in [2.75, 3.05) is 23.7 Å². The molecule has 1 aliphatic heterocycles. The summed E-state index contributed by atoms with van der Waals surface area (Å²) in [5.74, 6) is 0.485. The fourth-order valence-corrected chi connectivity index (χ4v) is 4.16. The molecule has 0 unspecified atom stereocenters. The van der Waals surface area contributed by atoms with Crippen molar-refractivity contribution in [2.45, 2.75) is 26.2 Å². The first-order chi connectivity index (χ1) is 13.2. The van der Waals surface area contributed by atoms with E-state index in [4.69, 9.17) is 10.7 Å². The molecule has 0 saturated carbocycles.